The second-order valence-electron chi connectivity index (χ2n) is 24.2. The van der Waals surface area contributed by atoms with Crippen LogP contribution in [-0.4, -0.2) is 6.71 Å². The highest BCUT2D eigenvalue weighted by Gasteiger charge is 2.46. The number of benzene rings is 9. The summed E-state index contributed by atoms with van der Waals surface area (Å²) < 4.78 is 2.74. The Morgan fingerprint density at radius 2 is 0.914 bits per heavy atom. The number of anilines is 6. The lowest BCUT2D eigenvalue weighted by Gasteiger charge is -2.44. The van der Waals surface area contributed by atoms with Crippen molar-refractivity contribution in [1.82, 2.24) is 0 Å². The summed E-state index contributed by atoms with van der Waals surface area (Å²) in [6.07, 6.45) is 0. The van der Waals surface area contributed by atoms with Gasteiger partial charge in [0.2, 0.25) is 0 Å². The van der Waals surface area contributed by atoms with Gasteiger partial charge in [0.15, 0.2) is 0 Å². The van der Waals surface area contributed by atoms with E-state index in [9.17, 15) is 0 Å². The Kier molecular flexibility index (Phi) is 9.83. The van der Waals surface area contributed by atoms with Crippen LogP contribution in [0.25, 0.3) is 53.5 Å². The summed E-state index contributed by atoms with van der Waals surface area (Å²) in [5.74, 6) is 0. The Morgan fingerprint density at radius 1 is 0.386 bits per heavy atom. The molecule has 0 unspecified atom stereocenters. The number of hydrogen-bond donors (Lipinski definition) is 0. The summed E-state index contributed by atoms with van der Waals surface area (Å²) >= 11 is 1.99. The zero-order valence-electron chi connectivity index (χ0n) is 43.0. The first-order valence-electron chi connectivity index (χ1n) is 25.3. The molecule has 346 valence electrons. The number of thiophene rings is 1. The van der Waals surface area contributed by atoms with Crippen molar-refractivity contribution in [3.05, 3.63) is 186 Å². The molecule has 4 heteroatoms. The SMILES string of the molecule is CC(C)(C)c1ccc(N2c3cc(C(C)(C)C)cc4c3B(c3cc(C(C)(C)C)ccc3N4c3cccc(-c4cccc5c6ccccc6c6ccccc6c45)c3)c3sc4ccc(C(C)(C)C)cc4c32)cc1. The van der Waals surface area contributed by atoms with E-state index in [-0.39, 0.29) is 28.4 Å². The molecule has 0 saturated carbocycles. The maximum Gasteiger partial charge on any atom is 0.264 e. The van der Waals surface area contributed by atoms with Crippen LogP contribution < -0.4 is 25.5 Å². The Morgan fingerprint density at radius 3 is 1.54 bits per heavy atom. The van der Waals surface area contributed by atoms with Crippen LogP contribution in [0.15, 0.2) is 164 Å². The van der Waals surface area contributed by atoms with E-state index in [4.69, 9.17) is 0 Å². The molecule has 9 aromatic carbocycles. The van der Waals surface area contributed by atoms with E-state index in [1.807, 2.05) is 11.3 Å². The van der Waals surface area contributed by atoms with Gasteiger partial charge in [0, 0.05) is 43.3 Å². The highest BCUT2D eigenvalue weighted by Crippen LogP contribution is 2.51. The first kappa shape index (κ1) is 44.6. The highest BCUT2D eigenvalue weighted by molar-refractivity contribution is 7.33. The van der Waals surface area contributed by atoms with Crippen molar-refractivity contribution < 1.29 is 0 Å². The van der Waals surface area contributed by atoms with Crippen LogP contribution in [0, 0.1) is 0 Å². The van der Waals surface area contributed by atoms with Crippen LogP contribution in [0.3, 0.4) is 0 Å². The van der Waals surface area contributed by atoms with Crippen LogP contribution in [-0.2, 0) is 21.7 Å². The van der Waals surface area contributed by atoms with Crippen molar-refractivity contribution in [2.24, 2.45) is 0 Å². The van der Waals surface area contributed by atoms with Gasteiger partial charge in [-0.15, -0.1) is 11.3 Å². The molecular formula is C66H63BN2S. The van der Waals surface area contributed by atoms with Crippen molar-refractivity contribution in [2.45, 2.75) is 105 Å². The molecule has 2 aliphatic rings. The fraction of sp³-hybridized carbons (Fsp3) is 0.242. The molecule has 10 aromatic rings. The lowest BCUT2D eigenvalue weighted by atomic mass is 9.36. The second kappa shape index (κ2) is 15.4. The molecule has 3 heterocycles. The van der Waals surface area contributed by atoms with E-state index in [0.29, 0.717) is 0 Å². The van der Waals surface area contributed by atoms with Crippen molar-refractivity contribution in [1.29, 1.82) is 0 Å². The van der Waals surface area contributed by atoms with Crippen LogP contribution in [0.5, 0.6) is 0 Å². The fourth-order valence-corrected chi connectivity index (χ4v) is 12.8. The van der Waals surface area contributed by atoms with Crippen LogP contribution in [0.1, 0.15) is 105 Å². The Bertz CT molecular complexity index is 3730. The molecule has 0 N–H and O–H groups in total. The largest absolute Gasteiger partial charge is 0.311 e. The van der Waals surface area contributed by atoms with E-state index >= 15 is 0 Å². The third-order valence-electron chi connectivity index (χ3n) is 15.4. The molecule has 0 saturated heterocycles. The first-order valence-corrected chi connectivity index (χ1v) is 26.1. The standard InChI is InChI=1S/C66H63BN2S/c1-63(2,3)41-27-31-45(32-28-41)69-57-39-44(66(10,11)12)38-56-60(57)67(62-61(69)53-36-42(64(4,5)6)30-34-58(53)70-62)54-37-43(65(7,8)9)29-33-55(54)68(56)46-20-17-19-40(35-46)47-25-18-26-52-50-22-14-13-21-48(50)49-23-15-16-24-51(49)59(47)52/h13-39H,1-12H3. The second-order valence-corrected chi connectivity index (χ2v) is 25.3. The highest BCUT2D eigenvalue weighted by atomic mass is 32.1. The number of hydrogen-bond acceptors (Lipinski definition) is 3. The molecule has 1 aromatic heterocycles. The normalized spacial score (nSPS) is 13.9. The van der Waals surface area contributed by atoms with Gasteiger partial charge in [0.25, 0.3) is 6.71 Å². The molecular weight excluding hydrogens is 864 g/mol. The van der Waals surface area contributed by atoms with Gasteiger partial charge >= 0.3 is 0 Å². The van der Waals surface area contributed by atoms with Crippen LogP contribution in [0.2, 0.25) is 0 Å². The van der Waals surface area contributed by atoms with Crippen LogP contribution >= 0.6 is 11.3 Å². The topological polar surface area (TPSA) is 6.48 Å². The summed E-state index contributed by atoms with van der Waals surface area (Å²) in [5, 5.41) is 9.08. The van der Waals surface area contributed by atoms with Gasteiger partial charge in [0.1, 0.15) is 0 Å². The molecule has 0 atom stereocenters. The van der Waals surface area contributed by atoms with Gasteiger partial charge in [-0.05, 0) is 153 Å². The van der Waals surface area contributed by atoms with Crippen molar-refractivity contribution in [3.8, 4) is 11.1 Å². The quantitative estimate of drug-likeness (QED) is 0.129. The van der Waals surface area contributed by atoms with E-state index in [0.717, 1.165) is 5.69 Å². The minimum atomic E-state index is -0.129. The zero-order chi connectivity index (χ0) is 48.8. The monoisotopic (exact) mass is 926 g/mol. The molecule has 0 fully saturated rings. The molecule has 12 rings (SSSR count). The number of nitrogens with zero attached hydrogens (tertiary/aromatic N) is 2. The summed E-state index contributed by atoms with van der Waals surface area (Å²) in [5.41, 5.74) is 17.9. The zero-order valence-corrected chi connectivity index (χ0v) is 43.8. The Labute approximate surface area is 419 Å². The minimum Gasteiger partial charge on any atom is -0.311 e. The molecule has 0 radical (unpaired) electrons. The van der Waals surface area contributed by atoms with E-state index in [1.54, 1.807) is 0 Å². The Hall–Kier alpha value is -6.62. The molecule has 0 aliphatic carbocycles. The molecule has 70 heavy (non-hydrogen) atoms. The first-order chi connectivity index (χ1) is 33.3. The molecule has 2 nitrogen and oxygen atoms in total. The van der Waals surface area contributed by atoms with Gasteiger partial charge in [-0.1, -0.05) is 192 Å². The predicted octanol–water partition coefficient (Wildman–Crippen LogP) is 17.3. The van der Waals surface area contributed by atoms with Crippen molar-refractivity contribution in [3.63, 3.8) is 0 Å². The van der Waals surface area contributed by atoms with Gasteiger partial charge in [0.05, 0.1) is 5.69 Å². The van der Waals surface area contributed by atoms with Crippen molar-refractivity contribution >= 4 is 110 Å². The lowest BCUT2D eigenvalue weighted by Crippen LogP contribution is -2.60. The number of fused-ring (bicyclic) bond motifs is 12. The molecule has 0 bridgehead atoms. The predicted molar refractivity (Wildman–Crippen MR) is 309 cm³/mol. The fourth-order valence-electron chi connectivity index (χ4n) is 11.5. The third-order valence-corrected chi connectivity index (χ3v) is 16.7. The third kappa shape index (κ3) is 6.96. The minimum absolute atomic E-state index is 0.00234. The Balaban J connectivity index is 1.17. The van der Waals surface area contributed by atoms with Crippen molar-refractivity contribution in [2.75, 3.05) is 9.80 Å². The summed E-state index contributed by atoms with van der Waals surface area (Å²) in [7, 11) is 0. The summed E-state index contributed by atoms with van der Waals surface area (Å²) in [6, 6.07) is 63.4. The van der Waals surface area contributed by atoms with E-state index in [2.05, 4.69) is 257 Å². The lowest BCUT2D eigenvalue weighted by molar-refractivity contribution is 0.590. The average Bonchev–Trinajstić information content (AvgIpc) is 3.71. The van der Waals surface area contributed by atoms with Gasteiger partial charge in [-0.2, -0.15) is 0 Å². The maximum atomic E-state index is 2.65. The summed E-state index contributed by atoms with van der Waals surface area (Å²) in [4.78, 5) is 5.27. The average molecular weight is 927 g/mol. The number of rotatable bonds is 3. The molecule has 2 aliphatic heterocycles. The summed E-state index contributed by atoms with van der Waals surface area (Å²) in [6.45, 7) is 28.2. The van der Waals surface area contributed by atoms with E-state index in [1.165, 1.54) is 120 Å². The van der Waals surface area contributed by atoms with Gasteiger partial charge < -0.3 is 9.80 Å². The molecule has 0 spiro atoms. The smallest absolute Gasteiger partial charge is 0.264 e. The van der Waals surface area contributed by atoms with Crippen LogP contribution in [0.4, 0.5) is 34.1 Å². The van der Waals surface area contributed by atoms with Gasteiger partial charge in [-0.3, -0.25) is 0 Å². The molecule has 0 amide bonds. The van der Waals surface area contributed by atoms with E-state index < -0.39 is 0 Å². The maximum absolute atomic E-state index is 2.65. The van der Waals surface area contributed by atoms with Gasteiger partial charge in [-0.25, -0.2) is 0 Å².